The number of carbonyl (C=O) groups is 1. The van der Waals surface area contributed by atoms with E-state index < -0.39 is 5.97 Å². The number of carbonyl (C=O) groups excluding carboxylic acids is 1. The summed E-state index contributed by atoms with van der Waals surface area (Å²) < 4.78 is 0. The summed E-state index contributed by atoms with van der Waals surface area (Å²) in [5.41, 5.74) is 2.70. The number of nitrogens with zero attached hydrogens (tertiary/aromatic N) is 1. The molecule has 4 heteroatoms. The lowest BCUT2D eigenvalue weighted by molar-refractivity contribution is -0.254. The van der Waals surface area contributed by atoms with Crippen molar-refractivity contribution in [1.29, 1.82) is 5.26 Å². The van der Waals surface area contributed by atoms with Crippen molar-refractivity contribution in [1.82, 2.24) is 0 Å². The molecule has 0 atom stereocenters. The largest absolute Gasteiger partial charge is 0.545 e. The van der Waals surface area contributed by atoms with Crippen LogP contribution in [0.4, 0.5) is 0 Å². The molecule has 0 aromatic heterocycles. The Labute approximate surface area is 122 Å². The normalized spacial score (nSPS) is 10.1. The van der Waals surface area contributed by atoms with Crippen molar-refractivity contribution >= 4 is 17.6 Å². The van der Waals surface area contributed by atoms with Gasteiger partial charge in [0.15, 0.2) is 0 Å². The molecule has 0 radical (unpaired) electrons. The van der Waals surface area contributed by atoms with Crippen LogP contribution in [0.15, 0.2) is 36.4 Å². The summed E-state index contributed by atoms with van der Waals surface area (Å²) in [6, 6.07) is 11.9. The van der Waals surface area contributed by atoms with Crippen LogP contribution >= 0.6 is 11.6 Å². The molecule has 0 spiro atoms. The minimum absolute atomic E-state index is 0.114. The molecule has 0 aliphatic rings. The molecular formula is C16H11ClNO2-. The van der Waals surface area contributed by atoms with Crippen LogP contribution in [0.1, 0.15) is 28.4 Å². The Kier molecular flexibility index (Phi) is 4.07. The van der Waals surface area contributed by atoms with Crippen LogP contribution in [0.25, 0.3) is 11.1 Å². The molecule has 2 aromatic carbocycles. The third-order valence-electron chi connectivity index (χ3n) is 3.11. The van der Waals surface area contributed by atoms with E-state index in [4.69, 9.17) is 16.9 Å². The fraction of sp³-hybridized carbons (Fsp3) is 0.125. The third kappa shape index (κ3) is 2.66. The van der Waals surface area contributed by atoms with Gasteiger partial charge in [0.1, 0.15) is 6.07 Å². The zero-order valence-electron chi connectivity index (χ0n) is 10.8. The van der Waals surface area contributed by atoms with Crippen LogP contribution in [0, 0.1) is 11.3 Å². The number of benzene rings is 2. The molecule has 0 fully saturated rings. The second kappa shape index (κ2) is 5.77. The number of aryl methyl sites for hydroxylation is 1. The predicted molar refractivity (Wildman–Crippen MR) is 75.3 cm³/mol. The van der Waals surface area contributed by atoms with E-state index >= 15 is 0 Å². The number of aromatic carboxylic acids is 1. The van der Waals surface area contributed by atoms with E-state index in [9.17, 15) is 9.90 Å². The lowest BCUT2D eigenvalue weighted by atomic mass is 9.96. The van der Waals surface area contributed by atoms with Crippen molar-refractivity contribution in [2.45, 2.75) is 13.3 Å². The molecule has 0 heterocycles. The summed E-state index contributed by atoms with van der Waals surface area (Å²) in [4.78, 5) is 11.2. The second-order valence-corrected chi connectivity index (χ2v) is 4.73. The molecule has 3 nitrogen and oxygen atoms in total. The number of halogens is 1. The summed E-state index contributed by atoms with van der Waals surface area (Å²) in [6.45, 7) is 1.99. The first-order valence-electron chi connectivity index (χ1n) is 6.11. The number of hydrogen-bond acceptors (Lipinski definition) is 3. The Balaban J connectivity index is 2.64. The Hall–Kier alpha value is -2.31. The van der Waals surface area contributed by atoms with Crippen molar-refractivity contribution in [3.05, 3.63) is 58.1 Å². The first-order chi connectivity index (χ1) is 9.56. The summed E-state index contributed by atoms with van der Waals surface area (Å²) in [7, 11) is 0. The molecule has 0 amide bonds. The van der Waals surface area contributed by atoms with E-state index in [0.717, 1.165) is 12.0 Å². The molecule has 0 saturated heterocycles. The first kappa shape index (κ1) is 14.1. The highest BCUT2D eigenvalue weighted by atomic mass is 35.5. The lowest BCUT2D eigenvalue weighted by Gasteiger charge is -2.13. The molecule has 2 rings (SSSR count). The fourth-order valence-electron chi connectivity index (χ4n) is 2.00. The molecular weight excluding hydrogens is 274 g/mol. The first-order valence-corrected chi connectivity index (χ1v) is 6.49. The van der Waals surface area contributed by atoms with Gasteiger partial charge in [-0.05, 0) is 35.2 Å². The average molecular weight is 285 g/mol. The van der Waals surface area contributed by atoms with E-state index in [1.165, 1.54) is 6.07 Å². The predicted octanol–water partition coefficient (Wildman–Crippen LogP) is 2.80. The van der Waals surface area contributed by atoms with Gasteiger partial charge in [-0.2, -0.15) is 5.26 Å². The Morgan fingerprint density at radius 3 is 2.60 bits per heavy atom. The maximum atomic E-state index is 11.2. The van der Waals surface area contributed by atoms with Crippen LogP contribution in [-0.4, -0.2) is 5.97 Å². The Morgan fingerprint density at radius 1 is 1.30 bits per heavy atom. The topological polar surface area (TPSA) is 63.9 Å². The molecule has 0 N–H and O–H groups in total. The standard InChI is InChI=1S/C16H12ClNO2/c1-2-10-3-6-13(16(19)20)14(7-10)11-4-5-12(9-18)15(17)8-11/h3-8H,2H2,1H3,(H,19,20)/p-1. The van der Waals surface area contributed by atoms with Crippen molar-refractivity contribution in [3.8, 4) is 17.2 Å². The van der Waals surface area contributed by atoms with E-state index in [1.807, 2.05) is 19.1 Å². The Bertz CT molecular complexity index is 717. The third-order valence-corrected chi connectivity index (χ3v) is 3.43. The molecule has 0 unspecified atom stereocenters. The molecule has 0 bridgehead atoms. The van der Waals surface area contributed by atoms with Gasteiger partial charge in [-0.25, -0.2) is 0 Å². The van der Waals surface area contributed by atoms with E-state index in [1.54, 1.807) is 24.3 Å². The fourth-order valence-corrected chi connectivity index (χ4v) is 2.22. The maximum Gasteiger partial charge on any atom is 0.101 e. The molecule has 20 heavy (non-hydrogen) atoms. The van der Waals surface area contributed by atoms with Crippen LogP contribution in [0.3, 0.4) is 0 Å². The number of nitriles is 1. The molecule has 0 aliphatic heterocycles. The van der Waals surface area contributed by atoms with Crippen LogP contribution < -0.4 is 5.11 Å². The molecule has 0 aliphatic carbocycles. The summed E-state index contributed by atoms with van der Waals surface area (Å²) >= 11 is 6.00. The monoisotopic (exact) mass is 284 g/mol. The zero-order chi connectivity index (χ0) is 14.7. The van der Waals surface area contributed by atoms with E-state index in [-0.39, 0.29) is 5.56 Å². The summed E-state index contributed by atoms with van der Waals surface area (Å²) in [6.07, 6.45) is 0.796. The van der Waals surface area contributed by atoms with Crippen molar-refractivity contribution < 1.29 is 9.90 Å². The quantitative estimate of drug-likeness (QED) is 0.870. The smallest absolute Gasteiger partial charge is 0.101 e. The molecule has 2 aromatic rings. The van der Waals surface area contributed by atoms with Crippen LogP contribution in [-0.2, 0) is 6.42 Å². The minimum atomic E-state index is -1.23. The van der Waals surface area contributed by atoms with Gasteiger partial charge in [0.05, 0.1) is 16.6 Å². The second-order valence-electron chi connectivity index (χ2n) is 4.33. The SMILES string of the molecule is CCc1ccc(C(=O)[O-])c(-c2ccc(C#N)c(Cl)c2)c1. The van der Waals surface area contributed by atoms with Gasteiger partial charge in [0.25, 0.3) is 0 Å². The number of carboxylic acids is 1. The van der Waals surface area contributed by atoms with Gasteiger partial charge in [-0.3, -0.25) is 0 Å². The highest BCUT2D eigenvalue weighted by molar-refractivity contribution is 6.32. The zero-order valence-corrected chi connectivity index (χ0v) is 11.6. The van der Waals surface area contributed by atoms with Gasteiger partial charge in [0.2, 0.25) is 0 Å². The number of rotatable bonds is 3. The average Bonchev–Trinajstić information content (AvgIpc) is 2.46. The lowest BCUT2D eigenvalue weighted by Crippen LogP contribution is -2.23. The maximum absolute atomic E-state index is 11.2. The number of carboxylic acid groups (broad SMARTS) is 1. The summed E-state index contributed by atoms with van der Waals surface area (Å²) in [5.74, 6) is -1.23. The number of hydrogen-bond donors (Lipinski definition) is 0. The minimum Gasteiger partial charge on any atom is -0.545 e. The Morgan fingerprint density at radius 2 is 2.05 bits per heavy atom. The van der Waals surface area contributed by atoms with E-state index in [0.29, 0.717) is 21.7 Å². The summed E-state index contributed by atoms with van der Waals surface area (Å²) in [5, 5.41) is 20.4. The van der Waals surface area contributed by atoms with Crippen molar-refractivity contribution in [2.24, 2.45) is 0 Å². The van der Waals surface area contributed by atoms with Crippen LogP contribution in [0.5, 0.6) is 0 Å². The van der Waals surface area contributed by atoms with Crippen molar-refractivity contribution in [3.63, 3.8) is 0 Å². The van der Waals surface area contributed by atoms with Gasteiger partial charge in [-0.1, -0.05) is 42.8 Å². The van der Waals surface area contributed by atoms with Crippen LogP contribution in [0.2, 0.25) is 5.02 Å². The molecule has 100 valence electrons. The van der Waals surface area contributed by atoms with Gasteiger partial charge < -0.3 is 9.90 Å². The highest BCUT2D eigenvalue weighted by Crippen LogP contribution is 2.29. The van der Waals surface area contributed by atoms with Gasteiger partial charge >= 0.3 is 0 Å². The van der Waals surface area contributed by atoms with Gasteiger partial charge in [0, 0.05) is 5.56 Å². The molecule has 0 saturated carbocycles. The highest BCUT2D eigenvalue weighted by Gasteiger charge is 2.09. The van der Waals surface area contributed by atoms with Gasteiger partial charge in [-0.15, -0.1) is 0 Å². The van der Waals surface area contributed by atoms with Crippen molar-refractivity contribution in [2.75, 3.05) is 0 Å². The van der Waals surface area contributed by atoms with E-state index in [2.05, 4.69) is 0 Å².